The molecule has 37 heavy (non-hydrogen) atoms. The number of amides is 2. The molecule has 1 saturated heterocycles. The predicted molar refractivity (Wildman–Crippen MR) is 139 cm³/mol. The number of halogens is 1. The van der Waals surface area contributed by atoms with E-state index in [0.29, 0.717) is 62.8 Å². The van der Waals surface area contributed by atoms with Crippen molar-refractivity contribution in [3.63, 3.8) is 0 Å². The van der Waals surface area contributed by atoms with Gasteiger partial charge < -0.3 is 20.0 Å². The number of aryl methyl sites for hydroxylation is 1. The maximum atomic E-state index is 13.8. The van der Waals surface area contributed by atoms with Crippen molar-refractivity contribution in [3.05, 3.63) is 83.5 Å². The van der Waals surface area contributed by atoms with Gasteiger partial charge in [0.25, 0.3) is 0 Å². The summed E-state index contributed by atoms with van der Waals surface area (Å²) < 4.78 is 19.1. The molecule has 0 bridgehead atoms. The standard InChI is InChI=1S/C29H31FN4O3/c1-20-25(32-27(37-20)23-5-3-2-4-6-23)19-26(35)33-29(13-15-31-16-14-29)28(36)34-17-11-22(12-18-34)21-7-9-24(30)10-8-21/h2-11,31H,12-19H2,1H3,(H,33,35). The monoisotopic (exact) mass is 502 g/mol. The number of hydrogen-bond donors (Lipinski definition) is 2. The zero-order valence-electron chi connectivity index (χ0n) is 20.9. The van der Waals surface area contributed by atoms with E-state index in [2.05, 4.69) is 15.6 Å². The highest BCUT2D eigenvalue weighted by atomic mass is 19.1. The molecule has 2 amide bonds. The summed E-state index contributed by atoms with van der Waals surface area (Å²) in [6.07, 6.45) is 3.79. The Morgan fingerprint density at radius 1 is 1.08 bits per heavy atom. The number of aromatic nitrogens is 1. The second-order valence-corrected chi connectivity index (χ2v) is 9.68. The first kappa shape index (κ1) is 24.9. The van der Waals surface area contributed by atoms with Crippen molar-refractivity contribution in [1.29, 1.82) is 0 Å². The van der Waals surface area contributed by atoms with E-state index in [0.717, 1.165) is 16.7 Å². The molecular formula is C29H31FN4O3. The molecule has 0 aliphatic carbocycles. The zero-order valence-corrected chi connectivity index (χ0v) is 20.9. The van der Waals surface area contributed by atoms with Gasteiger partial charge in [0.05, 0.1) is 12.1 Å². The van der Waals surface area contributed by atoms with Gasteiger partial charge in [-0.05, 0) is 74.7 Å². The van der Waals surface area contributed by atoms with Crippen molar-refractivity contribution in [2.24, 2.45) is 0 Å². The third-order valence-electron chi connectivity index (χ3n) is 7.20. The number of oxazole rings is 1. The highest BCUT2D eigenvalue weighted by Gasteiger charge is 2.43. The fourth-order valence-electron chi connectivity index (χ4n) is 5.09. The molecule has 3 heterocycles. The number of benzene rings is 2. The molecule has 0 spiro atoms. The highest BCUT2D eigenvalue weighted by molar-refractivity contribution is 5.93. The number of piperidine rings is 1. The zero-order chi connectivity index (χ0) is 25.8. The molecule has 0 atom stereocenters. The van der Waals surface area contributed by atoms with Crippen molar-refractivity contribution < 1.29 is 18.4 Å². The Morgan fingerprint density at radius 3 is 2.49 bits per heavy atom. The number of hydrogen-bond acceptors (Lipinski definition) is 5. The number of carbonyl (C=O) groups is 2. The SMILES string of the molecule is Cc1oc(-c2ccccc2)nc1CC(=O)NC1(C(=O)N2CC=C(c3ccc(F)cc3)CC2)CCNCC1. The van der Waals surface area contributed by atoms with Crippen LogP contribution in [0.25, 0.3) is 17.0 Å². The summed E-state index contributed by atoms with van der Waals surface area (Å²) >= 11 is 0. The maximum absolute atomic E-state index is 13.8. The van der Waals surface area contributed by atoms with E-state index >= 15 is 0 Å². The van der Waals surface area contributed by atoms with Gasteiger partial charge in [0.1, 0.15) is 17.1 Å². The maximum Gasteiger partial charge on any atom is 0.248 e. The molecule has 8 heteroatoms. The van der Waals surface area contributed by atoms with Crippen LogP contribution in [0.15, 0.2) is 65.1 Å². The smallest absolute Gasteiger partial charge is 0.248 e. The van der Waals surface area contributed by atoms with Crippen molar-refractivity contribution >= 4 is 17.4 Å². The van der Waals surface area contributed by atoms with Gasteiger partial charge in [-0.15, -0.1) is 0 Å². The molecule has 0 saturated carbocycles. The van der Waals surface area contributed by atoms with E-state index < -0.39 is 5.54 Å². The van der Waals surface area contributed by atoms with Gasteiger partial charge in [-0.25, -0.2) is 9.37 Å². The van der Waals surface area contributed by atoms with Crippen molar-refractivity contribution in [2.75, 3.05) is 26.2 Å². The average Bonchev–Trinajstić information content (AvgIpc) is 3.29. The largest absolute Gasteiger partial charge is 0.441 e. The van der Waals surface area contributed by atoms with Gasteiger partial charge in [0, 0.05) is 18.7 Å². The molecule has 1 fully saturated rings. The minimum atomic E-state index is -0.955. The molecular weight excluding hydrogens is 471 g/mol. The molecule has 7 nitrogen and oxygen atoms in total. The van der Waals surface area contributed by atoms with Crippen LogP contribution < -0.4 is 10.6 Å². The lowest BCUT2D eigenvalue weighted by molar-refractivity contribution is -0.142. The molecule has 0 unspecified atom stereocenters. The molecule has 2 aliphatic heterocycles. The second kappa shape index (κ2) is 10.7. The third kappa shape index (κ3) is 5.49. The Bertz CT molecular complexity index is 1290. The number of carbonyl (C=O) groups excluding carboxylic acids is 2. The molecule has 1 aromatic heterocycles. The molecule has 5 rings (SSSR count). The summed E-state index contributed by atoms with van der Waals surface area (Å²) in [7, 11) is 0. The Kier molecular flexibility index (Phi) is 7.19. The van der Waals surface area contributed by atoms with Gasteiger partial charge in [0.15, 0.2) is 0 Å². The minimum absolute atomic E-state index is 0.0409. The summed E-state index contributed by atoms with van der Waals surface area (Å²) in [6.45, 7) is 4.11. The van der Waals surface area contributed by atoms with Crippen LogP contribution in [-0.4, -0.2) is 53.4 Å². The van der Waals surface area contributed by atoms with Crippen LogP contribution >= 0.6 is 0 Å². The van der Waals surface area contributed by atoms with Crippen molar-refractivity contribution in [3.8, 4) is 11.5 Å². The normalized spacial score (nSPS) is 17.2. The average molecular weight is 503 g/mol. The number of nitrogens with zero attached hydrogens (tertiary/aromatic N) is 2. The van der Waals surface area contributed by atoms with E-state index in [4.69, 9.17) is 4.42 Å². The van der Waals surface area contributed by atoms with Crippen LogP contribution in [0.3, 0.4) is 0 Å². The summed E-state index contributed by atoms with van der Waals surface area (Å²) in [4.78, 5) is 33.3. The van der Waals surface area contributed by atoms with Gasteiger partial charge in [-0.2, -0.15) is 0 Å². The Hall–Kier alpha value is -3.78. The van der Waals surface area contributed by atoms with Gasteiger partial charge in [-0.3, -0.25) is 9.59 Å². The summed E-state index contributed by atoms with van der Waals surface area (Å²) in [6, 6.07) is 16.0. The lowest BCUT2D eigenvalue weighted by Crippen LogP contribution is -2.64. The van der Waals surface area contributed by atoms with E-state index in [1.54, 1.807) is 19.1 Å². The fourth-order valence-corrected chi connectivity index (χ4v) is 5.09. The summed E-state index contributed by atoms with van der Waals surface area (Å²) in [5, 5.41) is 6.38. The topological polar surface area (TPSA) is 87.5 Å². The van der Waals surface area contributed by atoms with Gasteiger partial charge in [-0.1, -0.05) is 36.4 Å². The van der Waals surface area contributed by atoms with Gasteiger partial charge >= 0.3 is 0 Å². The summed E-state index contributed by atoms with van der Waals surface area (Å²) in [5.41, 5.74) is 2.53. The van der Waals surface area contributed by atoms with Crippen molar-refractivity contribution in [2.45, 2.75) is 38.1 Å². The van der Waals surface area contributed by atoms with Crippen LogP contribution in [0.2, 0.25) is 0 Å². The first-order valence-corrected chi connectivity index (χ1v) is 12.7. The van der Waals surface area contributed by atoms with E-state index in [9.17, 15) is 14.0 Å². The van der Waals surface area contributed by atoms with Crippen LogP contribution in [-0.2, 0) is 16.0 Å². The van der Waals surface area contributed by atoms with Crippen LogP contribution in [0.5, 0.6) is 0 Å². The Balaban J connectivity index is 1.28. The lowest BCUT2D eigenvalue weighted by atomic mass is 9.85. The fraction of sp³-hybridized carbons (Fsp3) is 0.345. The molecule has 2 aliphatic rings. The number of rotatable bonds is 6. The third-order valence-corrected chi connectivity index (χ3v) is 7.20. The molecule has 2 aromatic carbocycles. The lowest BCUT2D eigenvalue weighted by Gasteiger charge is -2.41. The molecule has 192 valence electrons. The highest BCUT2D eigenvalue weighted by Crippen LogP contribution is 2.28. The van der Waals surface area contributed by atoms with Crippen LogP contribution in [0.1, 0.15) is 36.3 Å². The predicted octanol–water partition coefficient (Wildman–Crippen LogP) is 3.89. The van der Waals surface area contributed by atoms with Crippen molar-refractivity contribution in [1.82, 2.24) is 20.5 Å². The first-order chi connectivity index (χ1) is 17.9. The molecule has 3 aromatic rings. The van der Waals surface area contributed by atoms with Gasteiger partial charge in [0.2, 0.25) is 17.7 Å². The van der Waals surface area contributed by atoms with E-state index in [1.807, 2.05) is 41.3 Å². The second-order valence-electron chi connectivity index (χ2n) is 9.68. The summed E-state index contributed by atoms with van der Waals surface area (Å²) in [5.74, 6) is 0.502. The number of nitrogens with one attached hydrogen (secondary N) is 2. The Morgan fingerprint density at radius 2 is 1.81 bits per heavy atom. The van der Waals surface area contributed by atoms with E-state index in [1.165, 1.54) is 12.1 Å². The van der Waals surface area contributed by atoms with Crippen LogP contribution in [0.4, 0.5) is 4.39 Å². The Labute approximate surface area is 215 Å². The molecule has 0 radical (unpaired) electrons. The quantitative estimate of drug-likeness (QED) is 0.534. The first-order valence-electron chi connectivity index (χ1n) is 12.7. The molecule has 2 N–H and O–H groups in total. The van der Waals surface area contributed by atoms with Crippen LogP contribution in [0, 0.1) is 12.7 Å². The van der Waals surface area contributed by atoms with E-state index in [-0.39, 0.29) is 24.1 Å². The minimum Gasteiger partial charge on any atom is -0.441 e.